The van der Waals surface area contributed by atoms with Crippen LogP contribution in [-0.4, -0.2) is 44.5 Å². The van der Waals surface area contributed by atoms with Gasteiger partial charge in [-0.05, 0) is 37.6 Å². The van der Waals surface area contributed by atoms with Crippen LogP contribution in [0.15, 0.2) is 42.6 Å². The first-order valence-corrected chi connectivity index (χ1v) is 11.9. The lowest BCUT2D eigenvalue weighted by atomic mass is 10.0. The third-order valence-electron chi connectivity index (χ3n) is 6.67. The summed E-state index contributed by atoms with van der Waals surface area (Å²) in [6, 6.07) is 9.76. The number of fused-ring (bicyclic) bond motifs is 3. The van der Waals surface area contributed by atoms with E-state index in [0.717, 1.165) is 5.56 Å². The van der Waals surface area contributed by atoms with E-state index >= 15 is 0 Å². The first-order valence-electron chi connectivity index (χ1n) is 11.9. The molecule has 0 saturated carbocycles. The maximum Gasteiger partial charge on any atom is 0.337 e. The van der Waals surface area contributed by atoms with Crippen LogP contribution in [0.1, 0.15) is 59.4 Å². The zero-order valence-electron chi connectivity index (χ0n) is 20.2. The molecule has 1 aliphatic heterocycles. The van der Waals surface area contributed by atoms with Crippen LogP contribution in [-0.2, 0) is 0 Å². The highest BCUT2D eigenvalue weighted by Crippen LogP contribution is 2.36. The molecule has 5 rings (SSSR count). The Kier molecular flexibility index (Phi) is 6.17. The summed E-state index contributed by atoms with van der Waals surface area (Å²) >= 11 is 0. The van der Waals surface area contributed by atoms with E-state index in [2.05, 4.69) is 10.3 Å². The minimum atomic E-state index is -2.81. The molecular weight excluding hydrogens is 490 g/mol. The lowest BCUT2D eigenvalue weighted by Crippen LogP contribution is -2.40. The first-order chi connectivity index (χ1) is 17.5. The Morgan fingerprint density at radius 3 is 2.51 bits per heavy atom. The van der Waals surface area contributed by atoms with Crippen molar-refractivity contribution < 1.29 is 27.5 Å². The Morgan fingerprint density at radius 2 is 1.84 bits per heavy atom. The summed E-state index contributed by atoms with van der Waals surface area (Å²) in [5, 5.41) is 13.3. The molecule has 1 fully saturated rings. The number of piperidine rings is 1. The van der Waals surface area contributed by atoms with Gasteiger partial charge in [-0.2, -0.15) is 0 Å². The molecule has 0 amide bonds. The number of carboxylic acids is 1. The van der Waals surface area contributed by atoms with Crippen molar-refractivity contribution in [3.05, 3.63) is 65.0 Å². The number of aromatic carboxylic acids is 1. The number of alkyl halides is 4. The van der Waals surface area contributed by atoms with Gasteiger partial charge in [0.2, 0.25) is 5.95 Å². The van der Waals surface area contributed by atoms with Crippen LogP contribution >= 0.6 is 0 Å². The van der Waals surface area contributed by atoms with Crippen molar-refractivity contribution >= 4 is 34.2 Å². The largest absolute Gasteiger partial charge is 0.478 e. The molecule has 37 heavy (non-hydrogen) atoms. The molecule has 2 aromatic heterocycles. The van der Waals surface area contributed by atoms with Gasteiger partial charge in [0, 0.05) is 48.8 Å². The average Bonchev–Trinajstić information content (AvgIpc) is 3.30. The molecule has 7 nitrogen and oxygen atoms in total. The Morgan fingerprint density at radius 1 is 1.14 bits per heavy atom. The van der Waals surface area contributed by atoms with Crippen LogP contribution in [0.25, 0.3) is 16.6 Å². The van der Waals surface area contributed by atoms with Crippen LogP contribution in [0.3, 0.4) is 0 Å². The fourth-order valence-corrected chi connectivity index (χ4v) is 4.80. The third-order valence-corrected chi connectivity index (χ3v) is 6.67. The Labute approximate surface area is 209 Å². The number of aryl methyl sites for hydroxylation is 1. The number of benzene rings is 2. The normalized spacial score (nSPS) is 16.5. The lowest BCUT2D eigenvalue weighted by molar-refractivity contribution is -0.0222. The van der Waals surface area contributed by atoms with Gasteiger partial charge < -0.3 is 15.3 Å². The van der Waals surface area contributed by atoms with E-state index in [1.165, 1.54) is 16.7 Å². The van der Waals surface area contributed by atoms with Gasteiger partial charge in [0.1, 0.15) is 11.3 Å². The van der Waals surface area contributed by atoms with Crippen molar-refractivity contribution in [3.63, 3.8) is 0 Å². The second-order valence-electron chi connectivity index (χ2n) is 9.38. The number of halogens is 4. The van der Waals surface area contributed by atoms with Gasteiger partial charge in [-0.3, -0.25) is 4.40 Å². The minimum Gasteiger partial charge on any atom is -0.478 e. The molecule has 4 aromatic rings. The van der Waals surface area contributed by atoms with Crippen molar-refractivity contribution in [1.29, 1.82) is 0 Å². The van der Waals surface area contributed by atoms with Gasteiger partial charge >= 0.3 is 5.97 Å². The van der Waals surface area contributed by atoms with Crippen LogP contribution in [0.2, 0.25) is 0 Å². The molecule has 11 heteroatoms. The summed E-state index contributed by atoms with van der Waals surface area (Å²) in [5.41, 5.74) is 2.35. The number of anilines is 2. The second-order valence-corrected chi connectivity index (χ2v) is 9.38. The fourth-order valence-electron chi connectivity index (χ4n) is 4.80. The number of nitrogens with one attached hydrogen (secondary N) is 1. The highest BCUT2D eigenvalue weighted by molar-refractivity contribution is 5.96. The minimum absolute atomic E-state index is 0.0176. The molecule has 1 saturated heterocycles. The van der Waals surface area contributed by atoms with E-state index in [-0.39, 0.29) is 43.1 Å². The number of hydrogen-bond donors (Lipinski definition) is 2. The second kappa shape index (κ2) is 9.20. The Balaban J connectivity index is 1.68. The Bertz CT molecular complexity index is 1490. The van der Waals surface area contributed by atoms with Gasteiger partial charge in [0.15, 0.2) is 0 Å². The topological polar surface area (TPSA) is 82.8 Å². The molecule has 0 radical (unpaired) electrons. The van der Waals surface area contributed by atoms with Crippen LogP contribution < -0.4 is 10.2 Å². The molecule has 0 aliphatic carbocycles. The van der Waals surface area contributed by atoms with Crippen molar-refractivity contribution in [3.8, 4) is 0 Å². The molecular formula is C26H25F4N5O2. The number of hydrogen-bond acceptors (Lipinski definition) is 5. The number of imidazole rings is 1. The van der Waals surface area contributed by atoms with Gasteiger partial charge in [-0.1, -0.05) is 18.2 Å². The number of carboxylic acid groups (broad SMARTS) is 1. The third kappa shape index (κ3) is 4.65. The van der Waals surface area contributed by atoms with Crippen molar-refractivity contribution in [2.45, 2.75) is 45.1 Å². The molecule has 2 N–H and O–H groups in total. The van der Waals surface area contributed by atoms with Crippen LogP contribution in [0.5, 0.6) is 0 Å². The summed E-state index contributed by atoms with van der Waals surface area (Å²) in [5.74, 6) is -3.60. The van der Waals surface area contributed by atoms with E-state index in [4.69, 9.17) is 4.98 Å². The summed E-state index contributed by atoms with van der Waals surface area (Å²) < 4.78 is 56.5. The number of aromatic nitrogens is 3. The van der Waals surface area contributed by atoms with Crippen molar-refractivity contribution in [2.24, 2.45) is 0 Å². The van der Waals surface area contributed by atoms with E-state index in [0.29, 0.717) is 22.2 Å². The SMILES string of the molecule is Cc1cc([C@@H](C)Nc2ccccc2C(=O)O)c2nc(N3CCC(F)(F)CC3)n3cc(C(F)F)nc3c2c1. The van der Waals surface area contributed by atoms with E-state index < -0.39 is 30.1 Å². The quantitative estimate of drug-likeness (QED) is 0.296. The zero-order chi connectivity index (χ0) is 26.5. The molecule has 1 aliphatic rings. The van der Waals surface area contributed by atoms with Gasteiger partial charge in [-0.15, -0.1) is 0 Å². The molecule has 0 unspecified atom stereocenters. The predicted molar refractivity (Wildman–Crippen MR) is 132 cm³/mol. The molecule has 1 atom stereocenters. The van der Waals surface area contributed by atoms with E-state index in [1.807, 2.05) is 19.9 Å². The maximum atomic E-state index is 13.9. The van der Waals surface area contributed by atoms with Crippen molar-refractivity contribution in [2.75, 3.05) is 23.3 Å². The summed E-state index contributed by atoms with van der Waals surface area (Å²) in [7, 11) is 0. The fraction of sp³-hybridized carbons (Fsp3) is 0.346. The number of rotatable bonds is 6. The summed E-state index contributed by atoms with van der Waals surface area (Å²) in [4.78, 5) is 22.4. The molecule has 3 heterocycles. The van der Waals surface area contributed by atoms with Gasteiger partial charge in [0.05, 0.1) is 17.1 Å². The van der Waals surface area contributed by atoms with E-state index in [1.54, 1.807) is 29.2 Å². The average molecular weight is 516 g/mol. The number of nitrogens with zero attached hydrogens (tertiary/aromatic N) is 4. The molecule has 0 bridgehead atoms. The predicted octanol–water partition coefficient (Wildman–Crippen LogP) is 6.24. The number of para-hydroxylation sites is 1. The summed E-state index contributed by atoms with van der Waals surface area (Å²) in [6.45, 7) is 3.73. The maximum absolute atomic E-state index is 13.9. The molecule has 2 aromatic carbocycles. The zero-order valence-corrected chi connectivity index (χ0v) is 20.2. The smallest absolute Gasteiger partial charge is 0.337 e. The Hall–Kier alpha value is -3.89. The van der Waals surface area contributed by atoms with Gasteiger partial charge in [0.25, 0.3) is 12.3 Å². The van der Waals surface area contributed by atoms with E-state index in [9.17, 15) is 27.5 Å². The highest BCUT2D eigenvalue weighted by atomic mass is 19.3. The van der Waals surface area contributed by atoms with Crippen LogP contribution in [0, 0.1) is 6.92 Å². The van der Waals surface area contributed by atoms with Crippen molar-refractivity contribution in [1.82, 2.24) is 14.4 Å². The van der Waals surface area contributed by atoms with Gasteiger partial charge in [-0.25, -0.2) is 32.3 Å². The first kappa shape index (κ1) is 24.8. The molecule has 194 valence electrons. The standard InChI is InChI=1S/C26H25F4N5O2/c1-14-11-17(15(2)31-19-6-4-3-5-16(19)24(36)37)21-18(12-14)23-32-20(22(27)28)13-35(23)25(33-21)34-9-7-26(29,30)8-10-34/h3-6,11-13,15,22,31H,7-10H2,1-2H3,(H,36,37)/t15-/m1/s1. The van der Waals surface area contributed by atoms with Crippen LogP contribution in [0.4, 0.5) is 29.2 Å². The molecule has 0 spiro atoms. The summed E-state index contributed by atoms with van der Waals surface area (Å²) in [6.07, 6.45) is -2.34. The lowest BCUT2D eigenvalue weighted by Gasteiger charge is -2.33. The number of carbonyl (C=O) groups is 1. The highest BCUT2D eigenvalue weighted by Gasteiger charge is 2.35. The monoisotopic (exact) mass is 515 g/mol.